The molecular formula is C12H15ClN2. The van der Waals surface area contributed by atoms with Crippen LogP contribution in [0.1, 0.15) is 18.4 Å². The van der Waals surface area contributed by atoms with E-state index in [0.29, 0.717) is 5.88 Å². The predicted molar refractivity (Wildman–Crippen MR) is 65.4 cm³/mol. The van der Waals surface area contributed by atoms with Crippen LogP contribution in [0.4, 0.5) is 5.82 Å². The average molecular weight is 223 g/mol. The van der Waals surface area contributed by atoms with Crippen molar-refractivity contribution in [2.24, 2.45) is 0 Å². The van der Waals surface area contributed by atoms with Gasteiger partial charge in [0.15, 0.2) is 0 Å². The highest BCUT2D eigenvalue weighted by Gasteiger charge is 1.94. The van der Waals surface area contributed by atoms with Gasteiger partial charge in [-0.05, 0) is 18.6 Å². The van der Waals surface area contributed by atoms with Gasteiger partial charge in [-0.2, -0.15) is 0 Å². The highest BCUT2D eigenvalue weighted by molar-refractivity contribution is 6.17. The van der Waals surface area contributed by atoms with Gasteiger partial charge in [0.05, 0.1) is 0 Å². The van der Waals surface area contributed by atoms with Crippen molar-refractivity contribution in [2.75, 3.05) is 24.9 Å². The van der Waals surface area contributed by atoms with Gasteiger partial charge in [-0.3, -0.25) is 0 Å². The molecule has 0 unspecified atom stereocenters. The summed E-state index contributed by atoms with van der Waals surface area (Å²) >= 11 is 5.55. The fourth-order valence-electron chi connectivity index (χ4n) is 1.04. The fourth-order valence-corrected chi connectivity index (χ4v) is 1.18. The minimum Gasteiger partial charge on any atom is -0.363 e. The summed E-state index contributed by atoms with van der Waals surface area (Å²) in [5.74, 6) is 7.74. The van der Waals surface area contributed by atoms with Gasteiger partial charge < -0.3 is 4.90 Å². The molecule has 2 nitrogen and oxygen atoms in total. The lowest BCUT2D eigenvalue weighted by Crippen LogP contribution is -2.10. The van der Waals surface area contributed by atoms with Gasteiger partial charge in [0, 0.05) is 38.2 Å². The van der Waals surface area contributed by atoms with E-state index >= 15 is 0 Å². The molecule has 1 heterocycles. The molecule has 1 aromatic rings. The van der Waals surface area contributed by atoms with E-state index in [0.717, 1.165) is 24.2 Å². The highest BCUT2D eigenvalue weighted by atomic mass is 35.5. The Balaban J connectivity index is 2.59. The van der Waals surface area contributed by atoms with Crippen LogP contribution in [-0.4, -0.2) is 25.0 Å². The zero-order chi connectivity index (χ0) is 11.1. The molecule has 0 spiro atoms. The van der Waals surface area contributed by atoms with Crippen LogP contribution in [0.5, 0.6) is 0 Å². The first-order valence-corrected chi connectivity index (χ1v) is 5.45. The molecule has 0 aliphatic rings. The molecule has 0 aliphatic heterocycles. The number of aromatic nitrogens is 1. The third kappa shape index (κ3) is 4.22. The van der Waals surface area contributed by atoms with Gasteiger partial charge in [-0.15, -0.1) is 11.6 Å². The van der Waals surface area contributed by atoms with E-state index in [2.05, 4.69) is 16.8 Å². The molecule has 3 heteroatoms. The SMILES string of the molecule is CN(C)c1ccc(C#CCCCCl)cn1. The monoisotopic (exact) mass is 222 g/mol. The maximum Gasteiger partial charge on any atom is 0.128 e. The van der Waals surface area contributed by atoms with E-state index in [4.69, 9.17) is 11.6 Å². The lowest BCUT2D eigenvalue weighted by Gasteiger charge is -2.09. The van der Waals surface area contributed by atoms with E-state index < -0.39 is 0 Å². The molecule has 0 fully saturated rings. The molecule has 0 bridgehead atoms. The van der Waals surface area contributed by atoms with Gasteiger partial charge in [0.25, 0.3) is 0 Å². The van der Waals surface area contributed by atoms with Crippen LogP contribution in [0.2, 0.25) is 0 Å². The van der Waals surface area contributed by atoms with Crippen LogP contribution >= 0.6 is 11.6 Å². The quantitative estimate of drug-likeness (QED) is 0.444. The second-order valence-corrected chi connectivity index (χ2v) is 3.77. The Labute approximate surface area is 96.3 Å². The van der Waals surface area contributed by atoms with Crippen molar-refractivity contribution < 1.29 is 0 Å². The minimum atomic E-state index is 0.673. The van der Waals surface area contributed by atoms with Gasteiger partial charge >= 0.3 is 0 Å². The molecule has 0 saturated carbocycles. The lowest BCUT2D eigenvalue weighted by molar-refractivity contribution is 0.991. The van der Waals surface area contributed by atoms with E-state index in [-0.39, 0.29) is 0 Å². The van der Waals surface area contributed by atoms with Crippen molar-refractivity contribution in [3.8, 4) is 11.8 Å². The summed E-state index contributed by atoms with van der Waals surface area (Å²) in [6, 6.07) is 3.95. The minimum absolute atomic E-state index is 0.673. The molecule has 0 N–H and O–H groups in total. The first-order chi connectivity index (χ1) is 7.24. The number of nitrogens with zero attached hydrogens (tertiary/aromatic N) is 2. The lowest BCUT2D eigenvalue weighted by atomic mass is 10.2. The molecule has 1 rings (SSSR count). The van der Waals surface area contributed by atoms with E-state index in [9.17, 15) is 0 Å². The third-order valence-corrected chi connectivity index (χ3v) is 2.14. The average Bonchev–Trinajstić information content (AvgIpc) is 2.25. The maximum atomic E-state index is 5.55. The Bertz CT molecular complexity index is 346. The highest BCUT2D eigenvalue weighted by Crippen LogP contribution is 2.06. The van der Waals surface area contributed by atoms with Crippen molar-refractivity contribution >= 4 is 17.4 Å². The first kappa shape index (κ1) is 11.9. The second-order valence-electron chi connectivity index (χ2n) is 3.39. The van der Waals surface area contributed by atoms with Crippen molar-refractivity contribution in [1.82, 2.24) is 4.98 Å². The molecule has 0 aliphatic carbocycles. The first-order valence-electron chi connectivity index (χ1n) is 4.92. The topological polar surface area (TPSA) is 16.1 Å². The molecule has 0 amide bonds. The summed E-state index contributed by atoms with van der Waals surface area (Å²) in [6.45, 7) is 0. The molecule has 0 radical (unpaired) electrons. The van der Waals surface area contributed by atoms with E-state index in [1.165, 1.54) is 0 Å². The van der Waals surface area contributed by atoms with Gasteiger partial charge in [-0.1, -0.05) is 11.8 Å². The van der Waals surface area contributed by atoms with Crippen molar-refractivity contribution in [3.05, 3.63) is 23.9 Å². The van der Waals surface area contributed by atoms with Crippen LogP contribution in [0.15, 0.2) is 18.3 Å². The Hall–Kier alpha value is -1.20. The third-order valence-electron chi connectivity index (χ3n) is 1.87. The Kier molecular flexibility index (Phi) is 5.00. The number of hydrogen-bond acceptors (Lipinski definition) is 2. The Morgan fingerprint density at radius 2 is 2.20 bits per heavy atom. The van der Waals surface area contributed by atoms with Gasteiger partial charge in [0.1, 0.15) is 5.82 Å². The number of rotatable bonds is 3. The summed E-state index contributed by atoms with van der Waals surface area (Å²) < 4.78 is 0. The Morgan fingerprint density at radius 1 is 1.40 bits per heavy atom. The number of alkyl halides is 1. The number of hydrogen-bond donors (Lipinski definition) is 0. The zero-order valence-corrected chi connectivity index (χ0v) is 9.88. The van der Waals surface area contributed by atoms with Crippen molar-refractivity contribution in [2.45, 2.75) is 12.8 Å². The normalized spacial score (nSPS) is 9.27. The van der Waals surface area contributed by atoms with Gasteiger partial charge in [-0.25, -0.2) is 4.98 Å². The largest absolute Gasteiger partial charge is 0.363 e. The second kappa shape index (κ2) is 6.31. The van der Waals surface area contributed by atoms with Crippen molar-refractivity contribution in [1.29, 1.82) is 0 Å². The molecule has 1 aromatic heterocycles. The molecule has 0 atom stereocenters. The maximum absolute atomic E-state index is 5.55. The van der Waals surface area contributed by atoms with Crippen LogP contribution < -0.4 is 4.90 Å². The summed E-state index contributed by atoms with van der Waals surface area (Å²) in [7, 11) is 3.93. The standard InChI is InChI=1S/C12H15ClN2/c1-15(2)12-8-7-11(10-14-12)6-4-3-5-9-13/h7-8,10H,3,5,9H2,1-2H3. The molecule has 80 valence electrons. The van der Waals surface area contributed by atoms with Crippen LogP contribution in [0.3, 0.4) is 0 Å². The van der Waals surface area contributed by atoms with Crippen LogP contribution in [0, 0.1) is 11.8 Å². The predicted octanol–water partition coefficient (Wildman–Crippen LogP) is 2.52. The zero-order valence-electron chi connectivity index (χ0n) is 9.13. The summed E-state index contributed by atoms with van der Waals surface area (Å²) in [4.78, 5) is 6.24. The number of halogens is 1. The van der Waals surface area contributed by atoms with E-state index in [1.54, 1.807) is 6.20 Å². The summed E-state index contributed by atoms with van der Waals surface area (Å²) in [6.07, 6.45) is 3.58. The Morgan fingerprint density at radius 3 is 2.73 bits per heavy atom. The summed E-state index contributed by atoms with van der Waals surface area (Å²) in [5, 5.41) is 0. The number of pyridine rings is 1. The van der Waals surface area contributed by atoms with Crippen LogP contribution in [0.25, 0.3) is 0 Å². The van der Waals surface area contributed by atoms with Crippen molar-refractivity contribution in [3.63, 3.8) is 0 Å². The molecule has 0 aromatic carbocycles. The number of anilines is 1. The summed E-state index contributed by atoms with van der Waals surface area (Å²) in [5.41, 5.74) is 0.954. The smallest absolute Gasteiger partial charge is 0.128 e. The molecule has 0 saturated heterocycles. The fraction of sp³-hybridized carbons (Fsp3) is 0.417. The van der Waals surface area contributed by atoms with Gasteiger partial charge in [0.2, 0.25) is 0 Å². The van der Waals surface area contributed by atoms with Crippen LogP contribution in [-0.2, 0) is 0 Å². The number of unbranched alkanes of at least 4 members (excludes halogenated alkanes) is 1. The molecular weight excluding hydrogens is 208 g/mol. The van der Waals surface area contributed by atoms with E-state index in [1.807, 2.05) is 31.1 Å². The molecule has 15 heavy (non-hydrogen) atoms.